The highest BCUT2D eigenvalue weighted by molar-refractivity contribution is 6.37. The number of hydrogen-bond acceptors (Lipinski definition) is 6. The molecule has 0 saturated carbocycles. The number of hydrogen-bond donors (Lipinski definition) is 0. The largest absolute Gasteiger partial charge is 0.494 e. The van der Waals surface area contributed by atoms with Gasteiger partial charge in [-0.15, -0.1) is 0 Å². The lowest BCUT2D eigenvalue weighted by Gasteiger charge is -2.12. The normalized spacial score (nSPS) is 10.8. The van der Waals surface area contributed by atoms with Crippen LogP contribution in [0.2, 0.25) is 10.0 Å². The summed E-state index contributed by atoms with van der Waals surface area (Å²) >= 11 is 12.2. The van der Waals surface area contributed by atoms with E-state index >= 15 is 0 Å². The summed E-state index contributed by atoms with van der Waals surface area (Å²) in [4.78, 5) is 25.5. The Morgan fingerprint density at radius 3 is 2.34 bits per heavy atom. The molecule has 0 spiro atoms. The molecule has 1 aromatic heterocycles. The van der Waals surface area contributed by atoms with E-state index in [1.54, 1.807) is 12.1 Å². The summed E-state index contributed by atoms with van der Waals surface area (Å²) in [5.41, 5.74) is 0.927. The van der Waals surface area contributed by atoms with E-state index in [4.69, 9.17) is 41.8 Å². The Labute approximate surface area is 192 Å². The maximum absolute atomic E-state index is 12.8. The lowest BCUT2D eigenvalue weighted by Crippen LogP contribution is -2.11. The third-order valence-corrected chi connectivity index (χ3v) is 5.25. The first-order chi connectivity index (χ1) is 15.4. The van der Waals surface area contributed by atoms with Gasteiger partial charge in [-0.25, -0.2) is 4.79 Å². The summed E-state index contributed by atoms with van der Waals surface area (Å²) in [6.45, 7) is 1.95. The van der Waals surface area contributed by atoms with Crippen molar-refractivity contribution in [3.63, 3.8) is 0 Å². The first-order valence-corrected chi connectivity index (χ1v) is 10.2. The van der Waals surface area contributed by atoms with Gasteiger partial charge in [-0.05, 0) is 43.3 Å². The van der Waals surface area contributed by atoms with Crippen LogP contribution in [0.5, 0.6) is 23.0 Å². The number of ether oxygens (including phenoxy) is 3. The molecule has 162 valence electrons. The van der Waals surface area contributed by atoms with Crippen molar-refractivity contribution in [2.75, 3.05) is 7.11 Å². The van der Waals surface area contributed by atoms with Crippen molar-refractivity contribution in [2.24, 2.45) is 0 Å². The fraction of sp³-hybridized carbons (Fsp3) is 0.0833. The van der Waals surface area contributed by atoms with E-state index in [1.807, 2.05) is 19.1 Å². The highest BCUT2D eigenvalue weighted by atomic mass is 35.5. The second-order valence-electron chi connectivity index (χ2n) is 6.83. The van der Waals surface area contributed by atoms with Crippen LogP contribution in [0.4, 0.5) is 0 Å². The molecule has 0 bridgehead atoms. The number of esters is 1. The molecule has 4 aromatic rings. The van der Waals surface area contributed by atoms with Crippen molar-refractivity contribution >= 4 is 40.1 Å². The van der Waals surface area contributed by atoms with Gasteiger partial charge in [0.1, 0.15) is 28.9 Å². The Bertz CT molecular complexity index is 1380. The average molecular weight is 471 g/mol. The SMILES string of the molecule is COc1c(Cl)ccc(Cl)c1C(=O)Oc1ccc2c(=O)c(Oc3ccc(C)cc3)coc2c1. The van der Waals surface area contributed by atoms with Gasteiger partial charge < -0.3 is 18.6 Å². The Morgan fingerprint density at radius 1 is 0.938 bits per heavy atom. The summed E-state index contributed by atoms with van der Waals surface area (Å²) in [7, 11) is 1.37. The zero-order chi connectivity index (χ0) is 22.8. The van der Waals surface area contributed by atoms with Crippen molar-refractivity contribution in [3.8, 4) is 23.0 Å². The third kappa shape index (κ3) is 4.28. The summed E-state index contributed by atoms with van der Waals surface area (Å²) in [6.07, 6.45) is 1.22. The third-order valence-electron chi connectivity index (χ3n) is 4.64. The molecule has 6 nitrogen and oxygen atoms in total. The van der Waals surface area contributed by atoms with Crippen LogP contribution in [0.15, 0.2) is 70.1 Å². The minimum absolute atomic E-state index is 0.00920. The maximum Gasteiger partial charge on any atom is 0.348 e. The number of benzene rings is 3. The quantitative estimate of drug-likeness (QED) is 0.247. The molecular formula is C24H16Cl2O6. The summed E-state index contributed by atoms with van der Waals surface area (Å²) in [5.74, 6) is 0.0439. The number of carbonyl (C=O) groups is 1. The molecule has 0 aliphatic heterocycles. The van der Waals surface area contributed by atoms with Crippen LogP contribution in [0.3, 0.4) is 0 Å². The highest BCUT2D eigenvalue weighted by Crippen LogP contribution is 2.35. The number of methoxy groups -OCH3 is 1. The molecule has 4 rings (SSSR count). The van der Waals surface area contributed by atoms with Crippen LogP contribution in [0.1, 0.15) is 15.9 Å². The summed E-state index contributed by atoms with van der Waals surface area (Å²) in [6, 6.07) is 14.6. The van der Waals surface area contributed by atoms with Crippen LogP contribution in [-0.4, -0.2) is 13.1 Å². The lowest BCUT2D eigenvalue weighted by atomic mass is 10.2. The molecule has 32 heavy (non-hydrogen) atoms. The number of aryl methyl sites for hydroxylation is 1. The molecule has 0 atom stereocenters. The van der Waals surface area contributed by atoms with E-state index in [-0.39, 0.29) is 49.3 Å². The van der Waals surface area contributed by atoms with Crippen molar-refractivity contribution in [2.45, 2.75) is 6.92 Å². The maximum atomic E-state index is 12.8. The van der Waals surface area contributed by atoms with Crippen LogP contribution in [0, 0.1) is 6.92 Å². The summed E-state index contributed by atoms with van der Waals surface area (Å²) < 4.78 is 21.8. The fourth-order valence-corrected chi connectivity index (χ4v) is 3.50. The molecule has 0 aliphatic rings. The van der Waals surface area contributed by atoms with Crippen LogP contribution < -0.4 is 19.6 Å². The standard InChI is InChI=1S/C24H16Cl2O6/c1-13-3-5-14(6-4-13)31-20-12-30-19-11-15(7-8-16(19)22(20)27)32-24(28)21-17(25)9-10-18(26)23(21)29-2/h3-12H,1-2H3. The van der Waals surface area contributed by atoms with E-state index in [1.165, 1.54) is 43.7 Å². The second kappa shape index (κ2) is 8.94. The molecule has 3 aromatic carbocycles. The molecule has 8 heteroatoms. The average Bonchev–Trinajstić information content (AvgIpc) is 2.78. The number of carbonyl (C=O) groups excluding carboxylic acids is 1. The van der Waals surface area contributed by atoms with Gasteiger partial charge in [-0.2, -0.15) is 0 Å². The van der Waals surface area contributed by atoms with Gasteiger partial charge in [0.15, 0.2) is 5.75 Å². The van der Waals surface area contributed by atoms with Gasteiger partial charge in [-0.1, -0.05) is 40.9 Å². The lowest BCUT2D eigenvalue weighted by molar-refractivity contribution is 0.0731. The molecule has 0 amide bonds. The van der Waals surface area contributed by atoms with Gasteiger partial charge >= 0.3 is 5.97 Å². The minimum atomic E-state index is -0.768. The monoisotopic (exact) mass is 470 g/mol. The van der Waals surface area contributed by atoms with E-state index in [0.29, 0.717) is 5.75 Å². The molecule has 0 aliphatic carbocycles. The topological polar surface area (TPSA) is 75.0 Å². The van der Waals surface area contributed by atoms with E-state index in [0.717, 1.165) is 5.56 Å². The molecular weight excluding hydrogens is 455 g/mol. The predicted molar refractivity (Wildman–Crippen MR) is 122 cm³/mol. The smallest absolute Gasteiger partial charge is 0.348 e. The van der Waals surface area contributed by atoms with Crippen LogP contribution >= 0.6 is 23.2 Å². The Kier molecular flexibility index (Phi) is 6.08. The van der Waals surface area contributed by atoms with Crippen LogP contribution in [0.25, 0.3) is 11.0 Å². The predicted octanol–water partition coefficient (Wildman–Crippen LogP) is 6.43. The molecule has 0 radical (unpaired) electrons. The van der Waals surface area contributed by atoms with E-state index in [2.05, 4.69) is 0 Å². The van der Waals surface area contributed by atoms with Gasteiger partial charge in [0, 0.05) is 6.07 Å². The van der Waals surface area contributed by atoms with E-state index in [9.17, 15) is 9.59 Å². The molecule has 0 unspecified atom stereocenters. The molecule has 0 N–H and O–H groups in total. The Morgan fingerprint density at radius 2 is 1.62 bits per heavy atom. The van der Waals surface area contributed by atoms with Gasteiger partial charge in [0.05, 0.1) is 22.5 Å². The van der Waals surface area contributed by atoms with E-state index < -0.39 is 5.97 Å². The van der Waals surface area contributed by atoms with Crippen molar-refractivity contribution in [3.05, 3.63) is 92.3 Å². The Balaban J connectivity index is 1.62. The fourth-order valence-electron chi connectivity index (χ4n) is 3.04. The summed E-state index contributed by atoms with van der Waals surface area (Å²) in [5, 5.41) is 0.615. The minimum Gasteiger partial charge on any atom is -0.494 e. The van der Waals surface area contributed by atoms with Gasteiger partial charge in [-0.3, -0.25) is 4.79 Å². The van der Waals surface area contributed by atoms with Crippen molar-refractivity contribution < 1.29 is 23.4 Å². The van der Waals surface area contributed by atoms with Gasteiger partial charge in [0.25, 0.3) is 0 Å². The number of fused-ring (bicyclic) bond motifs is 1. The number of halogens is 2. The zero-order valence-corrected chi connectivity index (χ0v) is 18.5. The van der Waals surface area contributed by atoms with Crippen LogP contribution in [-0.2, 0) is 0 Å². The first kappa shape index (κ1) is 21.7. The first-order valence-electron chi connectivity index (χ1n) is 9.41. The van der Waals surface area contributed by atoms with Crippen molar-refractivity contribution in [1.82, 2.24) is 0 Å². The van der Waals surface area contributed by atoms with Gasteiger partial charge in [0.2, 0.25) is 11.2 Å². The second-order valence-corrected chi connectivity index (χ2v) is 7.64. The zero-order valence-electron chi connectivity index (χ0n) is 17.0. The molecule has 1 heterocycles. The van der Waals surface area contributed by atoms with Crippen molar-refractivity contribution in [1.29, 1.82) is 0 Å². The molecule has 0 fully saturated rings. The highest BCUT2D eigenvalue weighted by Gasteiger charge is 2.22. The number of rotatable bonds is 5. The Hall–Kier alpha value is -3.48. The molecule has 0 saturated heterocycles.